The molecular weight excluding hydrogens is 430 g/mol. The summed E-state index contributed by atoms with van der Waals surface area (Å²) in [7, 11) is 1.53. The lowest BCUT2D eigenvalue weighted by Crippen LogP contribution is -2.57. The molecule has 0 saturated carbocycles. The summed E-state index contributed by atoms with van der Waals surface area (Å²) in [5, 5.41) is 24.2. The fourth-order valence-corrected chi connectivity index (χ4v) is 4.57. The zero-order chi connectivity index (χ0) is 22.7. The van der Waals surface area contributed by atoms with E-state index >= 15 is 0 Å². The van der Waals surface area contributed by atoms with Crippen LogP contribution in [0.1, 0.15) is 26.3 Å². The van der Waals surface area contributed by atoms with Gasteiger partial charge in [0.15, 0.2) is 5.78 Å². The summed E-state index contributed by atoms with van der Waals surface area (Å²) in [6.07, 6.45) is 1.34. The first-order valence-electron chi connectivity index (χ1n) is 9.87. The quantitative estimate of drug-likeness (QED) is 0.593. The normalized spacial score (nSPS) is 23.6. The van der Waals surface area contributed by atoms with E-state index in [1.54, 1.807) is 54.6 Å². The highest BCUT2D eigenvalue weighted by molar-refractivity contribution is 6.30. The predicted octanol–water partition coefficient (Wildman–Crippen LogP) is 3.71. The molecule has 0 radical (unpaired) electrons. The molecular formula is C25H18ClNO5. The van der Waals surface area contributed by atoms with Crippen LogP contribution in [0.25, 0.3) is 0 Å². The summed E-state index contributed by atoms with van der Waals surface area (Å²) < 4.78 is 5.20. The van der Waals surface area contributed by atoms with Crippen molar-refractivity contribution in [2.75, 3.05) is 12.0 Å². The zero-order valence-electron chi connectivity index (χ0n) is 16.9. The van der Waals surface area contributed by atoms with Crippen LogP contribution in [-0.2, 0) is 5.72 Å². The highest BCUT2D eigenvalue weighted by atomic mass is 35.5. The molecule has 6 nitrogen and oxygen atoms in total. The number of fused-ring (bicyclic) bond motifs is 3. The number of carbonyl (C=O) groups is 2. The Morgan fingerprint density at radius 1 is 0.969 bits per heavy atom. The minimum absolute atomic E-state index is 0.158. The number of nitrogens with zero attached hydrogens (tertiary/aromatic N) is 1. The van der Waals surface area contributed by atoms with Crippen LogP contribution >= 0.6 is 11.6 Å². The van der Waals surface area contributed by atoms with Crippen LogP contribution in [0.4, 0.5) is 5.69 Å². The van der Waals surface area contributed by atoms with E-state index in [2.05, 4.69) is 0 Å². The molecule has 7 heteroatoms. The topological polar surface area (TPSA) is 87.1 Å². The summed E-state index contributed by atoms with van der Waals surface area (Å²) in [5.41, 5.74) is -3.84. The van der Waals surface area contributed by atoms with Crippen molar-refractivity contribution < 1.29 is 24.5 Å². The fraction of sp³-hybridized carbons (Fsp3) is 0.120. The van der Waals surface area contributed by atoms with Crippen LogP contribution in [0.3, 0.4) is 0 Å². The van der Waals surface area contributed by atoms with Gasteiger partial charge in [-0.3, -0.25) is 9.59 Å². The van der Waals surface area contributed by atoms with Crippen molar-refractivity contribution in [1.29, 1.82) is 0 Å². The molecule has 2 N–H and O–H groups in total. The van der Waals surface area contributed by atoms with Gasteiger partial charge in [-0.05, 0) is 48.5 Å². The smallest absolute Gasteiger partial charge is 0.211 e. The van der Waals surface area contributed by atoms with E-state index in [-0.39, 0.29) is 22.3 Å². The minimum Gasteiger partial charge on any atom is -0.497 e. The monoisotopic (exact) mass is 447 g/mol. The van der Waals surface area contributed by atoms with Gasteiger partial charge in [-0.25, -0.2) is 0 Å². The highest BCUT2D eigenvalue weighted by Gasteiger charge is 2.71. The van der Waals surface area contributed by atoms with E-state index in [9.17, 15) is 19.8 Å². The third-order valence-electron chi connectivity index (χ3n) is 6.08. The first-order chi connectivity index (χ1) is 15.3. The molecule has 0 unspecified atom stereocenters. The number of benzene rings is 3. The average molecular weight is 448 g/mol. The van der Waals surface area contributed by atoms with E-state index < -0.39 is 22.9 Å². The number of anilines is 1. The van der Waals surface area contributed by atoms with E-state index in [0.29, 0.717) is 16.5 Å². The highest BCUT2D eigenvalue weighted by Crippen LogP contribution is 2.56. The van der Waals surface area contributed by atoms with Crippen molar-refractivity contribution in [3.63, 3.8) is 0 Å². The van der Waals surface area contributed by atoms with Crippen LogP contribution < -0.4 is 9.64 Å². The number of halogens is 1. The van der Waals surface area contributed by atoms with E-state index in [0.717, 1.165) is 0 Å². The van der Waals surface area contributed by atoms with Crippen molar-refractivity contribution in [2.24, 2.45) is 0 Å². The Balaban J connectivity index is 1.73. The molecule has 2 atom stereocenters. The molecule has 3 aromatic carbocycles. The number of carbonyl (C=O) groups excluding carboxylic acids is 2. The molecule has 2 aliphatic rings. The number of hydrogen-bond donors (Lipinski definition) is 2. The number of methoxy groups -OCH3 is 1. The van der Waals surface area contributed by atoms with Gasteiger partial charge in [-0.2, -0.15) is 0 Å². The van der Waals surface area contributed by atoms with Crippen LogP contribution in [0.15, 0.2) is 84.6 Å². The van der Waals surface area contributed by atoms with Gasteiger partial charge in [0.1, 0.15) is 5.75 Å². The van der Waals surface area contributed by atoms with Gasteiger partial charge in [0.25, 0.3) is 0 Å². The first-order valence-corrected chi connectivity index (χ1v) is 10.2. The Morgan fingerprint density at radius 3 is 2.28 bits per heavy atom. The Bertz CT molecular complexity index is 1280. The van der Waals surface area contributed by atoms with Crippen molar-refractivity contribution in [3.05, 3.63) is 106 Å². The standard InChI is InChI=1S/C25H18ClNO5/c1-32-18-12-10-17(11-13-18)27-14-21(22(28)15-6-8-16(26)9-7-15)24(30)23(29)19-4-2-3-5-20(19)25(24,27)31/h2-14,30-31H,1H3/t24-,25+/m0/s1. The van der Waals surface area contributed by atoms with E-state index in [4.69, 9.17) is 16.3 Å². The lowest BCUT2D eigenvalue weighted by atomic mass is 9.82. The van der Waals surface area contributed by atoms with Crippen LogP contribution in [0, 0.1) is 0 Å². The fourth-order valence-electron chi connectivity index (χ4n) is 4.45. The summed E-state index contributed by atoms with van der Waals surface area (Å²) >= 11 is 5.94. The molecule has 1 aliphatic carbocycles. The number of ketones is 2. The molecule has 1 heterocycles. The van der Waals surface area contributed by atoms with Crippen LogP contribution in [0.2, 0.25) is 5.02 Å². The van der Waals surface area contributed by atoms with Gasteiger partial charge in [0.05, 0.1) is 12.7 Å². The van der Waals surface area contributed by atoms with Gasteiger partial charge in [0, 0.05) is 33.6 Å². The second-order valence-corrected chi connectivity index (χ2v) is 8.14. The Labute approximate surface area is 188 Å². The summed E-state index contributed by atoms with van der Waals surface area (Å²) in [5.74, 6) is -0.723. The minimum atomic E-state index is -2.49. The maximum absolute atomic E-state index is 13.4. The Kier molecular flexibility index (Phi) is 4.49. The van der Waals surface area contributed by atoms with E-state index in [1.165, 1.54) is 36.4 Å². The largest absolute Gasteiger partial charge is 0.497 e. The van der Waals surface area contributed by atoms with Crippen molar-refractivity contribution in [1.82, 2.24) is 0 Å². The molecule has 0 fully saturated rings. The summed E-state index contributed by atoms with van der Waals surface area (Å²) in [6.45, 7) is 0. The third kappa shape index (κ3) is 2.54. The van der Waals surface area contributed by atoms with Crippen molar-refractivity contribution in [2.45, 2.75) is 11.3 Å². The number of ether oxygens (including phenoxy) is 1. The molecule has 0 amide bonds. The van der Waals surface area contributed by atoms with Gasteiger partial charge >= 0.3 is 0 Å². The maximum atomic E-state index is 13.4. The second-order valence-electron chi connectivity index (χ2n) is 7.70. The number of Topliss-reactive ketones (excluding diaryl/α,β-unsaturated/α-hetero) is 2. The molecule has 160 valence electrons. The van der Waals surface area contributed by atoms with Crippen LogP contribution in [0.5, 0.6) is 5.75 Å². The van der Waals surface area contributed by atoms with Crippen LogP contribution in [-0.4, -0.2) is 34.5 Å². The summed E-state index contributed by atoms with van der Waals surface area (Å²) in [6, 6.07) is 19.3. The molecule has 3 aromatic rings. The molecule has 1 aliphatic heterocycles. The molecule has 32 heavy (non-hydrogen) atoms. The zero-order valence-corrected chi connectivity index (χ0v) is 17.7. The SMILES string of the molecule is COc1ccc(N2C=C(C(=O)c3ccc(Cl)cc3)[C@]3(O)C(=O)c4ccccc4[C@]23O)cc1. The predicted molar refractivity (Wildman–Crippen MR) is 119 cm³/mol. The Morgan fingerprint density at radius 2 is 1.62 bits per heavy atom. The number of aliphatic hydroxyl groups is 2. The lowest BCUT2D eigenvalue weighted by molar-refractivity contribution is -0.0878. The Hall–Kier alpha value is -3.45. The maximum Gasteiger partial charge on any atom is 0.211 e. The number of hydrogen-bond acceptors (Lipinski definition) is 6. The molecule has 5 rings (SSSR count). The van der Waals surface area contributed by atoms with Crippen molar-refractivity contribution >= 4 is 28.9 Å². The first kappa shape index (κ1) is 20.5. The van der Waals surface area contributed by atoms with Gasteiger partial charge in [-0.15, -0.1) is 0 Å². The second kappa shape index (κ2) is 7.03. The van der Waals surface area contributed by atoms with Gasteiger partial charge < -0.3 is 19.8 Å². The third-order valence-corrected chi connectivity index (χ3v) is 6.33. The van der Waals surface area contributed by atoms with E-state index in [1.807, 2.05) is 0 Å². The van der Waals surface area contributed by atoms with Crippen molar-refractivity contribution in [3.8, 4) is 5.75 Å². The van der Waals surface area contributed by atoms with Gasteiger partial charge in [-0.1, -0.05) is 35.9 Å². The number of rotatable bonds is 4. The van der Waals surface area contributed by atoms with Gasteiger partial charge in [0.2, 0.25) is 17.1 Å². The molecule has 0 spiro atoms. The summed E-state index contributed by atoms with van der Waals surface area (Å²) in [4.78, 5) is 28.2. The lowest BCUT2D eigenvalue weighted by Gasteiger charge is -2.39. The molecule has 0 bridgehead atoms. The molecule has 0 saturated heterocycles. The molecule has 0 aromatic heterocycles. The average Bonchev–Trinajstić information content (AvgIpc) is 3.16.